The highest BCUT2D eigenvalue weighted by atomic mass is 79.9. The molecule has 0 unspecified atom stereocenters. The average Bonchev–Trinajstić information content (AvgIpc) is 3.17. The van der Waals surface area contributed by atoms with Crippen LogP contribution in [0.1, 0.15) is 27.7 Å². The smallest absolute Gasteiger partial charge is 0.291 e. The minimum atomic E-state index is -0.383. The molecule has 2 aromatic heterocycles. The predicted molar refractivity (Wildman–Crippen MR) is 103 cm³/mol. The number of anilines is 1. The van der Waals surface area contributed by atoms with Crippen LogP contribution in [0.4, 0.5) is 5.69 Å². The van der Waals surface area contributed by atoms with E-state index in [1.54, 1.807) is 30.3 Å². The number of amides is 1. The molecule has 0 spiro atoms. The molecule has 0 saturated heterocycles. The van der Waals surface area contributed by atoms with Crippen molar-refractivity contribution in [3.8, 4) is 5.75 Å². The second-order valence-electron chi connectivity index (χ2n) is 5.71. The van der Waals surface area contributed by atoms with E-state index >= 15 is 0 Å². The van der Waals surface area contributed by atoms with Gasteiger partial charge in [0.05, 0.1) is 35.2 Å². The molecule has 3 rings (SSSR count). The molecule has 26 heavy (non-hydrogen) atoms. The Kier molecular flexibility index (Phi) is 5.38. The second-order valence-corrected chi connectivity index (χ2v) is 6.94. The summed E-state index contributed by atoms with van der Waals surface area (Å²) in [6.45, 7) is 4.32. The number of carbonyl (C=O) groups is 1. The van der Waals surface area contributed by atoms with Gasteiger partial charge in [0.25, 0.3) is 5.91 Å². The van der Waals surface area contributed by atoms with Crippen LogP contribution in [0.25, 0.3) is 0 Å². The van der Waals surface area contributed by atoms with Crippen LogP contribution in [0.5, 0.6) is 5.75 Å². The maximum Gasteiger partial charge on any atom is 0.291 e. The van der Waals surface area contributed by atoms with Crippen molar-refractivity contribution in [1.82, 2.24) is 9.78 Å². The average molecular weight is 439 g/mol. The van der Waals surface area contributed by atoms with Gasteiger partial charge in [0.2, 0.25) is 0 Å². The molecule has 2 heterocycles. The van der Waals surface area contributed by atoms with Gasteiger partial charge in [0.1, 0.15) is 11.5 Å². The normalized spacial score (nSPS) is 10.8. The third-order valence-corrected chi connectivity index (χ3v) is 5.28. The molecule has 0 aliphatic rings. The molecule has 0 bridgehead atoms. The maximum absolute atomic E-state index is 12.5. The number of hydrogen-bond donors (Lipinski definition) is 1. The van der Waals surface area contributed by atoms with Gasteiger partial charge in [-0.3, -0.25) is 9.48 Å². The van der Waals surface area contributed by atoms with Crippen molar-refractivity contribution in [3.63, 3.8) is 0 Å². The van der Waals surface area contributed by atoms with Crippen molar-refractivity contribution < 1.29 is 13.9 Å². The van der Waals surface area contributed by atoms with Crippen LogP contribution < -0.4 is 10.1 Å². The predicted octanol–water partition coefficient (Wildman–Crippen LogP) is 4.82. The number of benzene rings is 1. The van der Waals surface area contributed by atoms with E-state index in [1.165, 1.54) is 7.11 Å². The lowest BCUT2D eigenvalue weighted by atomic mass is 10.3. The zero-order chi connectivity index (χ0) is 18.8. The molecule has 0 atom stereocenters. The first-order valence-corrected chi connectivity index (χ1v) is 8.99. The number of hydrogen-bond acceptors (Lipinski definition) is 4. The lowest BCUT2D eigenvalue weighted by Crippen LogP contribution is -2.12. The van der Waals surface area contributed by atoms with Gasteiger partial charge in [0.15, 0.2) is 5.76 Å². The number of nitrogens with zero attached hydrogens (tertiary/aromatic N) is 2. The van der Waals surface area contributed by atoms with Crippen molar-refractivity contribution in [1.29, 1.82) is 0 Å². The summed E-state index contributed by atoms with van der Waals surface area (Å²) < 4.78 is 13.7. The number of methoxy groups -OCH3 is 1. The van der Waals surface area contributed by atoms with E-state index in [-0.39, 0.29) is 11.7 Å². The van der Waals surface area contributed by atoms with E-state index in [2.05, 4.69) is 26.3 Å². The zero-order valence-corrected chi connectivity index (χ0v) is 16.8. The molecular weight excluding hydrogens is 422 g/mol. The van der Waals surface area contributed by atoms with Crippen molar-refractivity contribution >= 4 is 39.1 Å². The Hall–Kier alpha value is -2.25. The Morgan fingerprint density at radius 3 is 2.77 bits per heavy atom. The molecule has 1 aromatic carbocycles. The topological polar surface area (TPSA) is 69.3 Å². The minimum absolute atomic E-state index is 0.197. The Morgan fingerprint density at radius 2 is 2.12 bits per heavy atom. The highest BCUT2D eigenvalue weighted by Crippen LogP contribution is 2.28. The standard InChI is InChI=1S/C18H17BrClN3O3/c1-10-17(19)11(2)23(22-10)9-13-5-7-16(26-13)18(24)21-14-8-12(20)4-6-15(14)25-3/h4-8H,9H2,1-3H3,(H,21,24). The van der Waals surface area contributed by atoms with Crippen LogP contribution in [0, 0.1) is 13.8 Å². The number of carbonyl (C=O) groups excluding carboxylic acids is 1. The van der Waals surface area contributed by atoms with Crippen molar-refractivity contribution in [2.24, 2.45) is 0 Å². The summed E-state index contributed by atoms with van der Waals surface area (Å²) in [5.41, 5.74) is 2.37. The van der Waals surface area contributed by atoms with Gasteiger partial charge < -0.3 is 14.5 Å². The lowest BCUT2D eigenvalue weighted by Gasteiger charge is -2.09. The first kappa shape index (κ1) is 18.5. The van der Waals surface area contributed by atoms with Crippen LogP contribution >= 0.6 is 27.5 Å². The fraction of sp³-hybridized carbons (Fsp3) is 0.222. The van der Waals surface area contributed by atoms with Crippen molar-refractivity contribution in [2.75, 3.05) is 12.4 Å². The third-order valence-electron chi connectivity index (χ3n) is 3.89. The number of halogens is 2. The fourth-order valence-corrected chi connectivity index (χ4v) is 2.98. The van der Waals surface area contributed by atoms with Crippen LogP contribution in [0.15, 0.2) is 39.2 Å². The summed E-state index contributed by atoms with van der Waals surface area (Å²) in [5.74, 6) is 0.960. The molecule has 1 N–H and O–H groups in total. The summed E-state index contributed by atoms with van der Waals surface area (Å²) in [6, 6.07) is 8.38. The van der Waals surface area contributed by atoms with Gasteiger partial charge in [-0.15, -0.1) is 0 Å². The van der Waals surface area contributed by atoms with Crippen molar-refractivity contribution in [2.45, 2.75) is 20.4 Å². The van der Waals surface area contributed by atoms with E-state index in [0.29, 0.717) is 28.8 Å². The number of ether oxygens (including phenoxy) is 1. The highest BCUT2D eigenvalue weighted by molar-refractivity contribution is 9.10. The number of rotatable bonds is 5. The van der Waals surface area contributed by atoms with Crippen LogP contribution in [-0.4, -0.2) is 22.8 Å². The van der Waals surface area contributed by atoms with Gasteiger partial charge in [-0.2, -0.15) is 5.10 Å². The van der Waals surface area contributed by atoms with Crippen LogP contribution in [0.2, 0.25) is 5.02 Å². The van der Waals surface area contributed by atoms with E-state index in [4.69, 9.17) is 20.8 Å². The quantitative estimate of drug-likeness (QED) is 0.620. The molecule has 3 aromatic rings. The number of aryl methyl sites for hydroxylation is 1. The fourth-order valence-electron chi connectivity index (χ4n) is 2.52. The van der Waals surface area contributed by atoms with E-state index in [1.807, 2.05) is 18.5 Å². The third kappa shape index (κ3) is 3.78. The number of furan rings is 1. The highest BCUT2D eigenvalue weighted by Gasteiger charge is 2.16. The summed E-state index contributed by atoms with van der Waals surface area (Å²) in [7, 11) is 1.52. The second kappa shape index (κ2) is 7.55. The SMILES string of the molecule is COc1ccc(Cl)cc1NC(=O)c1ccc(Cn2nc(C)c(Br)c2C)o1. The Balaban J connectivity index is 1.76. The molecule has 0 saturated carbocycles. The summed E-state index contributed by atoms with van der Waals surface area (Å²) in [4.78, 5) is 12.5. The Labute approximate surface area is 164 Å². The molecule has 1 amide bonds. The largest absolute Gasteiger partial charge is 0.495 e. The van der Waals surface area contributed by atoms with Gasteiger partial charge in [-0.05, 0) is 60.1 Å². The van der Waals surface area contributed by atoms with Gasteiger partial charge in [-0.25, -0.2) is 0 Å². The van der Waals surface area contributed by atoms with Crippen molar-refractivity contribution in [3.05, 3.63) is 62.7 Å². The monoisotopic (exact) mass is 437 g/mol. The van der Waals surface area contributed by atoms with Gasteiger partial charge in [0, 0.05) is 5.02 Å². The van der Waals surface area contributed by atoms with Crippen LogP contribution in [-0.2, 0) is 6.54 Å². The summed E-state index contributed by atoms with van der Waals surface area (Å²) >= 11 is 9.48. The molecule has 136 valence electrons. The number of aromatic nitrogens is 2. The summed E-state index contributed by atoms with van der Waals surface area (Å²) in [6.07, 6.45) is 0. The first-order chi connectivity index (χ1) is 12.4. The van der Waals surface area contributed by atoms with Gasteiger partial charge >= 0.3 is 0 Å². The molecule has 8 heteroatoms. The molecule has 0 aliphatic carbocycles. The Bertz CT molecular complexity index is 965. The molecular formula is C18H17BrClN3O3. The lowest BCUT2D eigenvalue weighted by molar-refractivity contribution is 0.0994. The minimum Gasteiger partial charge on any atom is -0.495 e. The summed E-state index contributed by atoms with van der Waals surface area (Å²) in [5, 5.41) is 7.68. The molecule has 0 fully saturated rings. The Morgan fingerprint density at radius 1 is 1.35 bits per heavy atom. The van der Waals surface area contributed by atoms with Crippen LogP contribution in [0.3, 0.4) is 0 Å². The maximum atomic E-state index is 12.5. The van der Waals surface area contributed by atoms with E-state index < -0.39 is 0 Å². The first-order valence-electron chi connectivity index (χ1n) is 7.82. The van der Waals surface area contributed by atoms with E-state index in [0.717, 1.165) is 15.9 Å². The van der Waals surface area contributed by atoms with E-state index in [9.17, 15) is 4.79 Å². The van der Waals surface area contributed by atoms with Gasteiger partial charge in [-0.1, -0.05) is 11.6 Å². The molecule has 0 radical (unpaired) electrons. The molecule has 0 aliphatic heterocycles. The number of nitrogens with one attached hydrogen (secondary N) is 1. The zero-order valence-electron chi connectivity index (χ0n) is 14.5. The molecule has 6 nitrogen and oxygen atoms in total.